The molecule has 6 heteroatoms. The summed E-state index contributed by atoms with van der Waals surface area (Å²) in [7, 11) is 0. The summed E-state index contributed by atoms with van der Waals surface area (Å²) < 4.78 is 1.08. The van der Waals surface area contributed by atoms with Gasteiger partial charge in [0.15, 0.2) is 0 Å². The Morgan fingerprint density at radius 2 is 1.52 bits per heavy atom. The Morgan fingerprint density at radius 3 is 2.12 bits per heavy atom. The molecule has 3 rings (SSSR count). The van der Waals surface area contributed by atoms with E-state index in [0.29, 0.717) is 42.6 Å². The minimum absolute atomic E-state index is 0.114. The maximum absolute atomic E-state index is 12.2. The number of hydrogen-bond acceptors (Lipinski definition) is 3. The monoisotopic (exact) mass is 448 g/mol. The quantitative estimate of drug-likeness (QED) is 0.420. The van der Waals surface area contributed by atoms with E-state index in [1.807, 2.05) is 12.1 Å². The molecule has 5 nitrogen and oxygen atoms in total. The molecule has 0 aliphatic carbocycles. The molecule has 1 heterocycles. The lowest BCUT2D eigenvalue weighted by atomic mass is 10.1. The fraction of sp³-hybridized carbons (Fsp3) is 0.211. The number of rotatable bonds is 6. The summed E-state index contributed by atoms with van der Waals surface area (Å²) in [6, 6.07) is 14.2. The first-order valence-corrected chi connectivity index (χ1v) is 9.15. The number of amides is 3. The third-order valence-corrected chi connectivity index (χ3v) is 4.80. The first-order chi connectivity index (χ1) is 12.1. The van der Waals surface area contributed by atoms with Crippen LogP contribution in [0.4, 0.5) is 0 Å². The molecule has 3 amide bonds. The normalized spacial score (nSPS) is 13.1. The summed E-state index contributed by atoms with van der Waals surface area (Å²) in [5.41, 5.74) is 1.57. The zero-order chi connectivity index (χ0) is 17.8. The van der Waals surface area contributed by atoms with Gasteiger partial charge < -0.3 is 5.32 Å². The molecule has 128 valence electrons. The number of unbranched alkanes of at least 4 members (excludes halogenated alkanes) is 1. The van der Waals surface area contributed by atoms with Crippen LogP contribution in [0.2, 0.25) is 0 Å². The maximum atomic E-state index is 12.2. The smallest absolute Gasteiger partial charge is 0.261 e. The third-order valence-electron chi connectivity index (χ3n) is 4.08. The van der Waals surface area contributed by atoms with Crippen molar-refractivity contribution >= 4 is 40.3 Å². The van der Waals surface area contributed by atoms with E-state index in [9.17, 15) is 14.4 Å². The van der Waals surface area contributed by atoms with Crippen LogP contribution in [0.3, 0.4) is 0 Å². The molecule has 1 N–H and O–H groups in total. The molecule has 0 spiro atoms. The van der Waals surface area contributed by atoms with E-state index in [4.69, 9.17) is 0 Å². The van der Waals surface area contributed by atoms with E-state index < -0.39 is 0 Å². The Kier molecular flexibility index (Phi) is 5.47. The number of nitrogens with one attached hydrogen (secondary N) is 1. The molecular weight excluding hydrogens is 431 g/mol. The van der Waals surface area contributed by atoms with Crippen molar-refractivity contribution in [3.05, 3.63) is 68.8 Å². The standard InChI is InChI=1S/C19H17IN2O3/c20-14-9-7-13(8-10-14)17(23)21-11-3-4-12-22-18(24)15-5-1-2-6-16(15)19(22)25/h1-2,5-10H,3-4,11-12H2,(H,21,23). The van der Waals surface area contributed by atoms with E-state index in [2.05, 4.69) is 27.9 Å². The van der Waals surface area contributed by atoms with Crippen LogP contribution in [-0.2, 0) is 0 Å². The van der Waals surface area contributed by atoms with Gasteiger partial charge in [0.1, 0.15) is 0 Å². The Morgan fingerprint density at radius 1 is 0.920 bits per heavy atom. The lowest BCUT2D eigenvalue weighted by Gasteiger charge is -2.13. The minimum Gasteiger partial charge on any atom is -0.352 e. The average Bonchev–Trinajstić information content (AvgIpc) is 2.87. The molecule has 0 radical (unpaired) electrons. The van der Waals surface area contributed by atoms with Gasteiger partial charge in [0.25, 0.3) is 17.7 Å². The van der Waals surface area contributed by atoms with Crippen molar-refractivity contribution in [1.29, 1.82) is 0 Å². The Bertz CT molecular complexity index is 783. The predicted octanol–water partition coefficient (Wildman–Crippen LogP) is 3.10. The Hall–Kier alpha value is -2.22. The molecule has 0 saturated heterocycles. The average molecular weight is 448 g/mol. The fourth-order valence-electron chi connectivity index (χ4n) is 2.74. The van der Waals surface area contributed by atoms with Gasteiger partial charge in [-0.25, -0.2) is 0 Å². The fourth-order valence-corrected chi connectivity index (χ4v) is 3.10. The molecule has 1 aliphatic rings. The second-order valence-electron chi connectivity index (χ2n) is 5.78. The summed E-state index contributed by atoms with van der Waals surface area (Å²) in [4.78, 5) is 37.7. The summed E-state index contributed by atoms with van der Waals surface area (Å²) in [6.45, 7) is 0.875. The highest BCUT2D eigenvalue weighted by Crippen LogP contribution is 2.22. The van der Waals surface area contributed by atoms with Crippen molar-refractivity contribution in [2.75, 3.05) is 13.1 Å². The van der Waals surface area contributed by atoms with E-state index in [0.717, 1.165) is 3.57 Å². The van der Waals surface area contributed by atoms with Crippen molar-refractivity contribution in [2.45, 2.75) is 12.8 Å². The van der Waals surface area contributed by atoms with E-state index in [1.54, 1.807) is 36.4 Å². The van der Waals surface area contributed by atoms with Crippen LogP contribution in [-0.4, -0.2) is 35.7 Å². The molecule has 0 fully saturated rings. The summed E-state index contributed by atoms with van der Waals surface area (Å²) in [5, 5.41) is 2.85. The molecule has 2 aromatic carbocycles. The predicted molar refractivity (Wildman–Crippen MR) is 103 cm³/mol. The van der Waals surface area contributed by atoms with Crippen molar-refractivity contribution in [3.8, 4) is 0 Å². The van der Waals surface area contributed by atoms with Gasteiger partial charge >= 0.3 is 0 Å². The largest absolute Gasteiger partial charge is 0.352 e. The van der Waals surface area contributed by atoms with Gasteiger partial charge in [-0.2, -0.15) is 0 Å². The van der Waals surface area contributed by atoms with E-state index in [-0.39, 0.29) is 17.7 Å². The summed E-state index contributed by atoms with van der Waals surface area (Å²) in [5.74, 6) is -0.579. The topological polar surface area (TPSA) is 66.5 Å². The van der Waals surface area contributed by atoms with Crippen LogP contribution >= 0.6 is 22.6 Å². The molecule has 0 aromatic heterocycles. The molecule has 0 saturated carbocycles. The zero-order valence-corrected chi connectivity index (χ0v) is 15.7. The van der Waals surface area contributed by atoms with Gasteiger partial charge in [0.2, 0.25) is 0 Å². The first kappa shape index (κ1) is 17.6. The van der Waals surface area contributed by atoms with Crippen LogP contribution in [0.1, 0.15) is 43.9 Å². The molecule has 0 atom stereocenters. The summed E-state index contributed by atoms with van der Waals surface area (Å²) >= 11 is 2.19. The van der Waals surface area contributed by atoms with Crippen molar-refractivity contribution < 1.29 is 14.4 Å². The highest BCUT2D eigenvalue weighted by Gasteiger charge is 2.34. The molecular formula is C19H17IN2O3. The SMILES string of the molecule is O=C(NCCCCN1C(=O)c2ccccc2C1=O)c1ccc(I)cc1. The van der Waals surface area contributed by atoms with Crippen LogP contribution in [0.15, 0.2) is 48.5 Å². The second-order valence-corrected chi connectivity index (χ2v) is 7.02. The van der Waals surface area contributed by atoms with E-state index >= 15 is 0 Å². The first-order valence-electron chi connectivity index (χ1n) is 8.07. The number of fused-ring (bicyclic) bond motifs is 1. The van der Waals surface area contributed by atoms with Gasteiger partial charge in [-0.05, 0) is 71.8 Å². The van der Waals surface area contributed by atoms with E-state index in [1.165, 1.54) is 4.90 Å². The van der Waals surface area contributed by atoms with Crippen LogP contribution in [0.5, 0.6) is 0 Å². The number of carbonyl (C=O) groups excluding carboxylic acids is 3. The van der Waals surface area contributed by atoms with Gasteiger partial charge in [-0.3, -0.25) is 19.3 Å². The minimum atomic E-state index is -0.233. The van der Waals surface area contributed by atoms with Crippen molar-refractivity contribution in [1.82, 2.24) is 10.2 Å². The van der Waals surface area contributed by atoms with Crippen molar-refractivity contribution in [3.63, 3.8) is 0 Å². The highest BCUT2D eigenvalue weighted by molar-refractivity contribution is 14.1. The lowest BCUT2D eigenvalue weighted by molar-refractivity contribution is 0.0650. The summed E-state index contributed by atoms with van der Waals surface area (Å²) in [6.07, 6.45) is 1.35. The van der Waals surface area contributed by atoms with Crippen LogP contribution < -0.4 is 5.32 Å². The second kappa shape index (κ2) is 7.77. The molecule has 0 bridgehead atoms. The maximum Gasteiger partial charge on any atom is 0.261 e. The number of carbonyl (C=O) groups is 3. The lowest BCUT2D eigenvalue weighted by Crippen LogP contribution is -2.31. The van der Waals surface area contributed by atoms with Gasteiger partial charge in [-0.15, -0.1) is 0 Å². The number of halogens is 1. The number of benzene rings is 2. The number of imide groups is 1. The van der Waals surface area contributed by atoms with Gasteiger partial charge in [0.05, 0.1) is 11.1 Å². The molecule has 25 heavy (non-hydrogen) atoms. The van der Waals surface area contributed by atoms with Crippen molar-refractivity contribution in [2.24, 2.45) is 0 Å². The Balaban J connectivity index is 1.44. The van der Waals surface area contributed by atoms with Gasteiger partial charge in [-0.1, -0.05) is 12.1 Å². The molecule has 1 aliphatic heterocycles. The van der Waals surface area contributed by atoms with Crippen LogP contribution in [0.25, 0.3) is 0 Å². The number of hydrogen-bond donors (Lipinski definition) is 1. The van der Waals surface area contributed by atoms with Gasteiger partial charge in [0, 0.05) is 22.2 Å². The third kappa shape index (κ3) is 3.89. The molecule has 2 aromatic rings. The van der Waals surface area contributed by atoms with Crippen LogP contribution in [0, 0.1) is 3.57 Å². The Labute approximate surface area is 159 Å². The number of nitrogens with zero attached hydrogens (tertiary/aromatic N) is 1. The highest BCUT2D eigenvalue weighted by atomic mass is 127. The molecule has 0 unspecified atom stereocenters. The zero-order valence-electron chi connectivity index (χ0n) is 13.5.